The van der Waals surface area contributed by atoms with Gasteiger partial charge in [-0.25, -0.2) is 0 Å². The molecule has 0 aromatic heterocycles. The topological polar surface area (TPSA) is 122 Å². The molecule has 0 fully saturated rings. The fourth-order valence-corrected chi connectivity index (χ4v) is 1.88. The second-order valence-electron chi connectivity index (χ2n) is 5.95. The molecule has 9 heteroatoms. The maximum absolute atomic E-state index is 12.1. The van der Waals surface area contributed by atoms with Crippen molar-refractivity contribution in [3.63, 3.8) is 0 Å². The van der Waals surface area contributed by atoms with E-state index in [-0.39, 0.29) is 12.2 Å². The Morgan fingerprint density at radius 1 is 1.13 bits per heavy atom. The third-order valence-electron chi connectivity index (χ3n) is 2.96. The van der Waals surface area contributed by atoms with E-state index in [1.807, 2.05) is 0 Å². The Hall–Kier alpha value is -2.71. The van der Waals surface area contributed by atoms with Crippen LogP contribution in [-0.2, 0) is 16.1 Å². The fourth-order valence-electron chi connectivity index (χ4n) is 1.88. The Morgan fingerprint density at radius 2 is 1.70 bits per heavy atom. The van der Waals surface area contributed by atoms with Crippen molar-refractivity contribution in [2.24, 2.45) is 5.41 Å². The minimum Gasteiger partial charge on any atom is -0.312 e. The highest BCUT2D eigenvalue weighted by atomic mass is 17.0. The van der Waals surface area contributed by atoms with E-state index in [9.17, 15) is 25.0 Å². The number of carbonyl (C=O) groups excluding carboxylic acids is 1. The third kappa shape index (κ3) is 6.29. The maximum atomic E-state index is 12.1. The van der Waals surface area contributed by atoms with Crippen molar-refractivity contribution in [1.82, 2.24) is 0 Å². The number of ketones is 1. The molecule has 9 nitrogen and oxygen atoms in total. The van der Waals surface area contributed by atoms with Gasteiger partial charge in [-0.1, -0.05) is 45.0 Å². The first kappa shape index (κ1) is 18.3. The summed E-state index contributed by atoms with van der Waals surface area (Å²) in [6, 6.07) is 6.48. The van der Waals surface area contributed by atoms with Crippen LogP contribution in [0.15, 0.2) is 24.3 Å². The number of rotatable bonds is 8. The van der Waals surface area contributed by atoms with Crippen LogP contribution in [0.3, 0.4) is 0 Å². The number of carbonyl (C=O) groups is 1. The van der Waals surface area contributed by atoms with Crippen LogP contribution >= 0.6 is 0 Å². The van der Waals surface area contributed by atoms with Crippen molar-refractivity contribution >= 4 is 5.78 Å². The van der Waals surface area contributed by atoms with Crippen molar-refractivity contribution in [2.45, 2.75) is 33.3 Å². The van der Waals surface area contributed by atoms with Gasteiger partial charge in [-0.05, 0) is 5.56 Å². The van der Waals surface area contributed by atoms with Crippen LogP contribution in [0.2, 0.25) is 0 Å². The highest BCUT2D eigenvalue weighted by Crippen LogP contribution is 2.21. The van der Waals surface area contributed by atoms with Crippen LogP contribution in [0.5, 0.6) is 0 Å². The number of benzene rings is 1. The quantitative estimate of drug-likeness (QED) is 0.408. The molecule has 126 valence electrons. The summed E-state index contributed by atoms with van der Waals surface area (Å²) in [6.45, 7) is 4.86. The molecule has 1 aromatic rings. The van der Waals surface area contributed by atoms with Crippen molar-refractivity contribution in [1.29, 1.82) is 0 Å². The van der Waals surface area contributed by atoms with E-state index in [1.54, 1.807) is 45.0 Å². The number of hydrogen-bond acceptors (Lipinski definition) is 7. The molecular weight excluding hydrogens is 308 g/mol. The molecule has 0 N–H and O–H groups in total. The molecule has 0 spiro atoms. The third-order valence-corrected chi connectivity index (χ3v) is 2.96. The summed E-state index contributed by atoms with van der Waals surface area (Å²) in [5.74, 6) is -0.0289. The zero-order chi connectivity index (χ0) is 17.6. The summed E-state index contributed by atoms with van der Waals surface area (Å²) in [6.07, 6.45) is -1.07. The monoisotopic (exact) mass is 326 g/mol. The van der Waals surface area contributed by atoms with Gasteiger partial charge in [0.15, 0.2) is 5.78 Å². The lowest BCUT2D eigenvalue weighted by atomic mass is 9.86. The van der Waals surface area contributed by atoms with Crippen molar-refractivity contribution < 1.29 is 24.6 Å². The zero-order valence-corrected chi connectivity index (χ0v) is 13.1. The van der Waals surface area contributed by atoms with Gasteiger partial charge in [-0.3, -0.25) is 4.79 Å². The molecule has 0 radical (unpaired) electrons. The van der Waals surface area contributed by atoms with Crippen molar-refractivity contribution in [3.8, 4) is 0 Å². The molecule has 0 aliphatic heterocycles. The minimum absolute atomic E-state index is 0.0289. The van der Waals surface area contributed by atoms with Crippen LogP contribution in [-0.4, -0.2) is 28.7 Å². The van der Waals surface area contributed by atoms with E-state index in [0.29, 0.717) is 11.1 Å². The predicted octanol–water partition coefficient (Wildman–Crippen LogP) is 2.24. The van der Waals surface area contributed by atoms with Gasteiger partial charge < -0.3 is 9.68 Å². The first-order valence-corrected chi connectivity index (χ1v) is 6.82. The average molecular weight is 326 g/mol. The fraction of sp³-hybridized carbons (Fsp3) is 0.500. The van der Waals surface area contributed by atoms with Gasteiger partial charge in [0.05, 0.1) is 0 Å². The van der Waals surface area contributed by atoms with Gasteiger partial charge >= 0.3 is 0 Å². The molecule has 1 atom stereocenters. The molecule has 23 heavy (non-hydrogen) atoms. The summed E-state index contributed by atoms with van der Waals surface area (Å²) < 4.78 is 0. The van der Waals surface area contributed by atoms with E-state index in [1.165, 1.54) is 0 Å². The molecule has 1 aromatic carbocycles. The maximum Gasteiger partial charge on any atom is 0.294 e. The second-order valence-corrected chi connectivity index (χ2v) is 5.95. The molecule has 1 rings (SSSR count). The lowest BCUT2D eigenvalue weighted by Gasteiger charge is -2.17. The van der Waals surface area contributed by atoms with E-state index in [4.69, 9.17) is 0 Å². The van der Waals surface area contributed by atoms with Gasteiger partial charge in [0.25, 0.3) is 10.2 Å². The number of nitrogens with zero attached hydrogens (tertiary/aromatic N) is 2. The van der Waals surface area contributed by atoms with Crippen LogP contribution < -0.4 is 0 Å². The number of hydrogen-bond donors (Lipinski definition) is 0. The van der Waals surface area contributed by atoms with Gasteiger partial charge in [0, 0.05) is 17.4 Å². The molecule has 1 unspecified atom stereocenters. The normalized spacial score (nSPS) is 12.3. The lowest BCUT2D eigenvalue weighted by molar-refractivity contribution is -0.789. The van der Waals surface area contributed by atoms with E-state index < -0.39 is 28.3 Å². The highest BCUT2D eigenvalue weighted by Gasteiger charge is 2.23. The molecule has 0 saturated carbocycles. The van der Waals surface area contributed by atoms with Crippen molar-refractivity contribution in [2.75, 3.05) is 6.61 Å². The zero-order valence-electron chi connectivity index (χ0n) is 13.1. The Kier molecular flexibility index (Phi) is 6.00. The van der Waals surface area contributed by atoms with Crippen LogP contribution in [0.1, 0.15) is 36.7 Å². The van der Waals surface area contributed by atoms with Gasteiger partial charge in [0.2, 0.25) is 0 Å². The van der Waals surface area contributed by atoms with E-state index >= 15 is 0 Å². The van der Waals surface area contributed by atoms with Gasteiger partial charge in [-0.2, -0.15) is 0 Å². The smallest absolute Gasteiger partial charge is 0.294 e. The molecular formula is C14H18N2O7. The first-order chi connectivity index (χ1) is 10.6. The Morgan fingerprint density at radius 3 is 2.13 bits per heavy atom. The standard InChI is InChI=1S/C14H18N2O7/c1-14(2,3)13(17)11-6-4-10(5-7-11)8-12(23-16(20)21)9-22-15(18)19/h4-7,12H,8-9H2,1-3H3. The SMILES string of the molecule is CC(C)(C)C(=O)c1ccc(CC(CO[N+](=O)[O-])O[N+](=O)[O-])cc1. The average Bonchev–Trinajstić information content (AvgIpc) is 2.43. The minimum atomic E-state index is -1.11. The number of Topliss-reactive ketones (excluding diaryl/α,β-unsaturated/α-hetero) is 1. The van der Waals surface area contributed by atoms with Crippen molar-refractivity contribution in [3.05, 3.63) is 55.6 Å². The summed E-state index contributed by atoms with van der Waals surface area (Å²) in [7, 11) is 0. The second kappa shape index (κ2) is 7.52. The molecule has 0 aliphatic carbocycles. The summed E-state index contributed by atoms with van der Waals surface area (Å²) in [5, 5.41) is 18.5. The molecule has 0 saturated heterocycles. The molecule has 0 bridgehead atoms. The Labute approximate surface area is 132 Å². The van der Waals surface area contributed by atoms with E-state index in [0.717, 1.165) is 0 Å². The van der Waals surface area contributed by atoms with Crippen LogP contribution in [0.4, 0.5) is 0 Å². The summed E-state index contributed by atoms with van der Waals surface area (Å²) in [5.41, 5.74) is 0.641. The van der Waals surface area contributed by atoms with Gasteiger partial charge in [0.1, 0.15) is 12.7 Å². The molecule has 0 amide bonds. The Bertz CT molecular complexity index is 578. The summed E-state index contributed by atoms with van der Waals surface area (Å²) in [4.78, 5) is 41.2. The first-order valence-electron chi connectivity index (χ1n) is 6.82. The lowest BCUT2D eigenvalue weighted by Crippen LogP contribution is -2.26. The summed E-state index contributed by atoms with van der Waals surface area (Å²) >= 11 is 0. The van der Waals surface area contributed by atoms with Crippen LogP contribution in [0, 0.1) is 25.6 Å². The Balaban J connectivity index is 2.78. The van der Waals surface area contributed by atoms with Crippen LogP contribution in [0.25, 0.3) is 0 Å². The molecule has 0 heterocycles. The molecule has 0 aliphatic rings. The largest absolute Gasteiger partial charge is 0.312 e. The van der Waals surface area contributed by atoms with E-state index in [2.05, 4.69) is 9.68 Å². The highest BCUT2D eigenvalue weighted by molar-refractivity contribution is 5.99. The van der Waals surface area contributed by atoms with Gasteiger partial charge in [-0.15, -0.1) is 20.2 Å². The predicted molar refractivity (Wildman–Crippen MR) is 78.7 cm³/mol.